The summed E-state index contributed by atoms with van der Waals surface area (Å²) in [7, 11) is 0. The molecule has 0 saturated carbocycles. The fourth-order valence-electron chi connectivity index (χ4n) is 2.21. The van der Waals surface area contributed by atoms with E-state index < -0.39 is 5.97 Å². The minimum atomic E-state index is -0.868. The van der Waals surface area contributed by atoms with Crippen molar-refractivity contribution in [2.75, 3.05) is 0 Å². The van der Waals surface area contributed by atoms with Crippen LogP contribution in [-0.2, 0) is 6.54 Å². The number of benzene rings is 1. The number of hydrogen-bond acceptors (Lipinski definition) is 1. The Morgan fingerprint density at radius 1 is 1.17 bits per heavy atom. The van der Waals surface area contributed by atoms with Gasteiger partial charge in [-0.15, -0.1) is 0 Å². The number of nitrogens with zero attached hydrogens (tertiary/aromatic N) is 1. The number of carboxylic acids is 1. The molecule has 1 aromatic carbocycles. The van der Waals surface area contributed by atoms with E-state index >= 15 is 0 Å². The number of carboxylic acid groups (broad SMARTS) is 1. The summed E-state index contributed by atoms with van der Waals surface area (Å²) >= 11 is 0. The van der Waals surface area contributed by atoms with E-state index in [2.05, 4.69) is 0 Å². The van der Waals surface area contributed by atoms with Crippen LogP contribution in [0, 0.1) is 20.8 Å². The molecule has 0 spiro atoms. The molecule has 0 atom stereocenters. The number of rotatable bonds is 3. The fraction of sp³-hybridized carbons (Fsp3) is 0.267. The molecule has 0 fully saturated rings. The van der Waals surface area contributed by atoms with E-state index in [1.54, 1.807) is 0 Å². The third-order valence-electron chi connectivity index (χ3n) is 3.16. The maximum Gasteiger partial charge on any atom is 0.352 e. The Bertz CT molecular complexity index is 579. The van der Waals surface area contributed by atoms with Crippen LogP contribution in [0.25, 0.3) is 0 Å². The van der Waals surface area contributed by atoms with E-state index in [4.69, 9.17) is 0 Å². The molecule has 0 saturated heterocycles. The first-order chi connectivity index (χ1) is 8.49. The highest BCUT2D eigenvalue weighted by Crippen LogP contribution is 2.17. The van der Waals surface area contributed by atoms with Crippen LogP contribution in [-0.4, -0.2) is 15.6 Å². The number of aromatic carboxylic acids is 1. The van der Waals surface area contributed by atoms with Crippen molar-refractivity contribution >= 4 is 5.97 Å². The van der Waals surface area contributed by atoms with Gasteiger partial charge >= 0.3 is 5.97 Å². The number of aromatic nitrogens is 1. The van der Waals surface area contributed by atoms with Crippen molar-refractivity contribution in [2.24, 2.45) is 0 Å². The van der Waals surface area contributed by atoms with E-state index in [0.717, 1.165) is 16.8 Å². The van der Waals surface area contributed by atoms with Gasteiger partial charge in [-0.2, -0.15) is 0 Å². The molecule has 0 aliphatic rings. The van der Waals surface area contributed by atoms with Gasteiger partial charge in [-0.1, -0.05) is 29.8 Å². The molecule has 1 N–H and O–H groups in total. The highest BCUT2D eigenvalue weighted by atomic mass is 16.4. The molecule has 0 unspecified atom stereocenters. The third kappa shape index (κ3) is 2.30. The summed E-state index contributed by atoms with van der Waals surface area (Å²) < 4.78 is 1.85. The van der Waals surface area contributed by atoms with Crippen LogP contribution in [0.1, 0.15) is 32.9 Å². The smallest absolute Gasteiger partial charge is 0.352 e. The van der Waals surface area contributed by atoms with Gasteiger partial charge in [-0.3, -0.25) is 0 Å². The van der Waals surface area contributed by atoms with Gasteiger partial charge in [0.05, 0.1) is 0 Å². The van der Waals surface area contributed by atoms with Crippen LogP contribution in [0.15, 0.2) is 30.3 Å². The quantitative estimate of drug-likeness (QED) is 0.899. The summed E-state index contributed by atoms with van der Waals surface area (Å²) in [4.78, 5) is 11.3. The van der Waals surface area contributed by atoms with Gasteiger partial charge in [0.2, 0.25) is 0 Å². The maximum atomic E-state index is 11.3. The van der Waals surface area contributed by atoms with Gasteiger partial charge < -0.3 is 9.67 Å². The average Bonchev–Trinajstić information content (AvgIpc) is 2.57. The Labute approximate surface area is 107 Å². The lowest BCUT2D eigenvalue weighted by atomic mass is 10.1. The van der Waals surface area contributed by atoms with Crippen molar-refractivity contribution in [3.8, 4) is 0 Å². The topological polar surface area (TPSA) is 42.2 Å². The van der Waals surface area contributed by atoms with Gasteiger partial charge in [0.25, 0.3) is 0 Å². The standard InChI is InChI=1S/C15H17NO2/c1-10-4-6-13(7-5-10)9-16-12(3)8-11(2)14(16)15(17)18/h4-8H,9H2,1-3H3,(H,17,18). The zero-order valence-electron chi connectivity index (χ0n) is 10.9. The molecule has 0 radical (unpaired) electrons. The monoisotopic (exact) mass is 243 g/mol. The highest BCUT2D eigenvalue weighted by molar-refractivity contribution is 5.88. The maximum absolute atomic E-state index is 11.3. The summed E-state index contributed by atoms with van der Waals surface area (Å²) in [5.74, 6) is -0.868. The Morgan fingerprint density at radius 3 is 2.33 bits per heavy atom. The van der Waals surface area contributed by atoms with Crippen LogP contribution in [0.4, 0.5) is 0 Å². The number of carbonyl (C=O) groups is 1. The first-order valence-electron chi connectivity index (χ1n) is 5.94. The lowest BCUT2D eigenvalue weighted by Gasteiger charge is -2.10. The summed E-state index contributed by atoms with van der Waals surface area (Å²) in [5.41, 5.74) is 4.49. The van der Waals surface area contributed by atoms with Gasteiger partial charge in [-0.25, -0.2) is 4.79 Å². The van der Waals surface area contributed by atoms with Crippen LogP contribution < -0.4 is 0 Å². The van der Waals surface area contributed by atoms with Crippen LogP contribution in [0.2, 0.25) is 0 Å². The number of hydrogen-bond donors (Lipinski definition) is 1. The molecule has 0 aliphatic heterocycles. The van der Waals surface area contributed by atoms with Gasteiger partial charge in [-0.05, 0) is 38.0 Å². The normalized spacial score (nSPS) is 10.6. The highest BCUT2D eigenvalue weighted by Gasteiger charge is 2.16. The second-order valence-corrected chi connectivity index (χ2v) is 4.69. The zero-order valence-corrected chi connectivity index (χ0v) is 10.9. The summed E-state index contributed by atoms with van der Waals surface area (Å²) in [6.07, 6.45) is 0. The van der Waals surface area contributed by atoms with Crippen LogP contribution in [0.5, 0.6) is 0 Å². The zero-order chi connectivity index (χ0) is 13.3. The van der Waals surface area contributed by atoms with Crippen molar-refractivity contribution < 1.29 is 9.90 Å². The third-order valence-corrected chi connectivity index (χ3v) is 3.16. The van der Waals surface area contributed by atoms with E-state index in [1.807, 2.05) is 55.7 Å². The Kier molecular flexibility index (Phi) is 3.24. The van der Waals surface area contributed by atoms with Crippen molar-refractivity contribution in [1.82, 2.24) is 4.57 Å². The summed E-state index contributed by atoms with van der Waals surface area (Å²) in [5, 5.41) is 9.26. The molecule has 0 bridgehead atoms. The molecular weight excluding hydrogens is 226 g/mol. The SMILES string of the molecule is Cc1ccc(Cn2c(C)cc(C)c2C(=O)O)cc1. The first kappa shape index (κ1) is 12.4. The second-order valence-electron chi connectivity index (χ2n) is 4.69. The second kappa shape index (κ2) is 4.69. The minimum Gasteiger partial charge on any atom is -0.477 e. The fourth-order valence-corrected chi connectivity index (χ4v) is 2.21. The Hall–Kier alpha value is -2.03. The van der Waals surface area contributed by atoms with Crippen molar-refractivity contribution in [3.05, 3.63) is 58.4 Å². The van der Waals surface area contributed by atoms with Gasteiger partial charge in [0.15, 0.2) is 0 Å². The Morgan fingerprint density at radius 2 is 1.78 bits per heavy atom. The molecule has 3 heteroatoms. The van der Waals surface area contributed by atoms with Crippen molar-refractivity contribution in [3.63, 3.8) is 0 Å². The van der Waals surface area contributed by atoms with Crippen molar-refractivity contribution in [1.29, 1.82) is 0 Å². The molecule has 1 aromatic heterocycles. The first-order valence-corrected chi connectivity index (χ1v) is 5.94. The predicted molar refractivity (Wildman–Crippen MR) is 71.1 cm³/mol. The lowest BCUT2D eigenvalue weighted by molar-refractivity contribution is 0.0684. The predicted octanol–water partition coefficient (Wildman–Crippen LogP) is 3.16. The van der Waals surface area contributed by atoms with E-state index in [9.17, 15) is 9.90 Å². The van der Waals surface area contributed by atoms with E-state index in [-0.39, 0.29) is 0 Å². The lowest BCUT2D eigenvalue weighted by Crippen LogP contribution is -2.11. The molecule has 2 rings (SSSR count). The average molecular weight is 243 g/mol. The summed E-state index contributed by atoms with van der Waals surface area (Å²) in [6.45, 7) is 6.41. The molecule has 1 heterocycles. The molecule has 3 nitrogen and oxygen atoms in total. The van der Waals surface area contributed by atoms with Gasteiger partial charge in [0.1, 0.15) is 5.69 Å². The molecule has 2 aromatic rings. The molecule has 0 aliphatic carbocycles. The summed E-state index contributed by atoms with van der Waals surface area (Å²) in [6, 6.07) is 10.1. The molecule has 18 heavy (non-hydrogen) atoms. The van der Waals surface area contributed by atoms with E-state index in [0.29, 0.717) is 12.2 Å². The van der Waals surface area contributed by atoms with Crippen LogP contribution >= 0.6 is 0 Å². The Balaban J connectivity index is 2.39. The molecule has 0 amide bonds. The van der Waals surface area contributed by atoms with Gasteiger partial charge in [0, 0.05) is 12.2 Å². The van der Waals surface area contributed by atoms with Crippen LogP contribution in [0.3, 0.4) is 0 Å². The van der Waals surface area contributed by atoms with E-state index in [1.165, 1.54) is 5.56 Å². The molecular formula is C15H17NO2. The largest absolute Gasteiger partial charge is 0.477 e. The minimum absolute atomic E-state index is 0.382. The number of aryl methyl sites for hydroxylation is 3. The molecule has 94 valence electrons. The van der Waals surface area contributed by atoms with Crippen molar-refractivity contribution in [2.45, 2.75) is 27.3 Å².